The van der Waals surface area contributed by atoms with E-state index in [-0.39, 0.29) is 37.3 Å². The van der Waals surface area contributed by atoms with E-state index in [2.05, 4.69) is 26.6 Å². The van der Waals surface area contributed by atoms with Crippen LogP contribution in [0.3, 0.4) is 0 Å². The molecule has 7 heteroatoms. The molecule has 0 unspecified atom stereocenters. The summed E-state index contributed by atoms with van der Waals surface area (Å²) in [5, 5.41) is 5.30. The fraction of sp³-hybridized carbons (Fsp3) is 0.222. The van der Waals surface area contributed by atoms with Gasteiger partial charge in [-0.2, -0.15) is 0 Å². The quantitative estimate of drug-likeness (QED) is 0.765. The van der Waals surface area contributed by atoms with E-state index in [9.17, 15) is 14.0 Å². The van der Waals surface area contributed by atoms with Gasteiger partial charge in [-0.05, 0) is 30.3 Å². The summed E-state index contributed by atoms with van der Waals surface area (Å²) in [7, 11) is 1.61. The van der Waals surface area contributed by atoms with Gasteiger partial charge in [0.25, 0.3) is 0 Å². The van der Waals surface area contributed by atoms with Gasteiger partial charge in [0.15, 0.2) is 0 Å². The molecule has 0 aromatic heterocycles. The fourth-order valence-electron chi connectivity index (χ4n) is 2.15. The molecular weight excluding hydrogens is 389 g/mol. The number of hydrogen-bond donors (Lipinski definition) is 2. The highest BCUT2D eigenvalue weighted by molar-refractivity contribution is 9.10. The molecular formula is C18H19BrFN3O2. The molecule has 3 amide bonds. The number of rotatable bonds is 6. The van der Waals surface area contributed by atoms with E-state index in [0.29, 0.717) is 11.3 Å². The number of urea groups is 1. The number of halogens is 2. The Balaban J connectivity index is 1.73. The Morgan fingerprint density at radius 2 is 1.80 bits per heavy atom. The molecule has 0 saturated heterocycles. The predicted molar refractivity (Wildman–Crippen MR) is 98.7 cm³/mol. The van der Waals surface area contributed by atoms with Gasteiger partial charge in [-0.25, -0.2) is 9.18 Å². The smallest absolute Gasteiger partial charge is 0.319 e. The summed E-state index contributed by atoms with van der Waals surface area (Å²) in [6, 6.07) is 13.1. The van der Waals surface area contributed by atoms with E-state index >= 15 is 0 Å². The van der Waals surface area contributed by atoms with Crippen LogP contribution >= 0.6 is 15.9 Å². The van der Waals surface area contributed by atoms with Crippen LogP contribution in [0.15, 0.2) is 53.0 Å². The monoisotopic (exact) mass is 407 g/mol. The summed E-state index contributed by atoms with van der Waals surface area (Å²) >= 11 is 3.32. The molecule has 2 N–H and O–H groups in total. The van der Waals surface area contributed by atoms with Gasteiger partial charge < -0.3 is 15.5 Å². The third kappa shape index (κ3) is 6.19. The molecule has 0 atom stereocenters. The molecule has 0 fully saturated rings. The zero-order chi connectivity index (χ0) is 18.2. The largest absolute Gasteiger partial charge is 0.341 e. The van der Waals surface area contributed by atoms with E-state index in [1.54, 1.807) is 37.4 Å². The minimum absolute atomic E-state index is 0.138. The van der Waals surface area contributed by atoms with Gasteiger partial charge in [0, 0.05) is 42.3 Å². The van der Waals surface area contributed by atoms with E-state index < -0.39 is 0 Å². The zero-order valence-corrected chi connectivity index (χ0v) is 15.3. The van der Waals surface area contributed by atoms with Crippen molar-refractivity contribution in [3.63, 3.8) is 0 Å². The molecule has 2 rings (SSSR count). The lowest BCUT2D eigenvalue weighted by molar-refractivity contribution is -0.130. The van der Waals surface area contributed by atoms with Crippen molar-refractivity contribution in [3.8, 4) is 0 Å². The highest BCUT2D eigenvalue weighted by Crippen LogP contribution is 2.14. The van der Waals surface area contributed by atoms with Crippen LogP contribution in [-0.4, -0.2) is 30.4 Å². The summed E-state index contributed by atoms with van der Waals surface area (Å²) in [5.41, 5.74) is 1.11. The Morgan fingerprint density at radius 1 is 1.12 bits per heavy atom. The van der Waals surface area contributed by atoms with Gasteiger partial charge in [0.1, 0.15) is 5.82 Å². The summed E-state index contributed by atoms with van der Waals surface area (Å²) < 4.78 is 14.5. The van der Waals surface area contributed by atoms with Crippen LogP contribution in [0.4, 0.5) is 14.9 Å². The highest BCUT2D eigenvalue weighted by atomic mass is 79.9. The second-order valence-electron chi connectivity index (χ2n) is 5.48. The first-order valence-corrected chi connectivity index (χ1v) is 8.53. The maximum Gasteiger partial charge on any atom is 0.319 e. The molecule has 5 nitrogen and oxygen atoms in total. The average molecular weight is 408 g/mol. The number of anilines is 1. The Labute approximate surface area is 154 Å². The van der Waals surface area contributed by atoms with Crippen LogP contribution in [0.5, 0.6) is 0 Å². The summed E-state index contributed by atoms with van der Waals surface area (Å²) in [5.74, 6) is -0.513. The van der Waals surface area contributed by atoms with Crippen molar-refractivity contribution >= 4 is 33.6 Å². The zero-order valence-electron chi connectivity index (χ0n) is 13.8. The molecule has 0 aliphatic heterocycles. The lowest BCUT2D eigenvalue weighted by Gasteiger charge is -2.18. The molecule has 0 radical (unpaired) electrons. The van der Waals surface area contributed by atoms with Crippen molar-refractivity contribution in [2.75, 3.05) is 18.9 Å². The van der Waals surface area contributed by atoms with Crippen LogP contribution in [0.25, 0.3) is 0 Å². The molecule has 25 heavy (non-hydrogen) atoms. The summed E-state index contributed by atoms with van der Waals surface area (Å²) in [6.07, 6.45) is 0.138. The molecule has 0 spiro atoms. The molecule has 0 aliphatic rings. The van der Waals surface area contributed by atoms with Crippen molar-refractivity contribution in [2.24, 2.45) is 0 Å². The minimum atomic E-state index is -0.383. The Hall–Kier alpha value is -2.41. The van der Waals surface area contributed by atoms with Gasteiger partial charge in [0.2, 0.25) is 5.91 Å². The molecule has 2 aromatic carbocycles. The number of hydrogen-bond acceptors (Lipinski definition) is 2. The first-order valence-electron chi connectivity index (χ1n) is 7.73. The number of amides is 3. The maximum absolute atomic E-state index is 13.6. The Kier molecular flexibility index (Phi) is 6.94. The predicted octanol–water partition coefficient (Wildman–Crippen LogP) is 3.76. The molecule has 132 valence electrons. The molecule has 0 heterocycles. The second-order valence-corrected chi connectivity index (χ2v) is 6.39. The number of carbonyl (C=O) groups excluding carboxylic acids is 2. The lowest BCUT2D eigenvalue weighted by Crippen LogP contribution is -2.34. The number of nitrogens with one attached hydrogen (secondary N) is 2. The van der Waals surface area contributed by atoms with Gasteiger partial charge >= 0.3 is 6.03 Å². The van der Waals surface area contributed by atoms with Gasteiger partial charge in [0.05, 0.1) is 0 Å². The van der Waals surface area contributed by atoms with E-state index in [0.717, 1.165) is 4.47 Å². The Bertz CT molecular complexity index is 737. The van der Waals surface area contributed by atoms with Gasteiger partial charge in [-0.15, -0.1) is 0 Å². The molecule has 0 aliphatic carbocycles. The maximum atomic E-state index is 13.6. The van der Waals surface area contributed by atoms with Crippen molar-refractivity contribution in [3.05, 3.63) is 64.4 Å². The van der Waals surface area contributed by atoms with Crippen molar-refractivity contribution < 1.29 is 14.0 Å². The van der Waals surface area contributed by atoms with Crippen LogP contribution in [0.2, 0.25) is 0 Å². The molecule has 0 bridgehead atoms. The average Bonchev–Trinajstić information content (AvgIpc) is 2.59. The van der Waals surface area contributed by atoms with Gasteiger partial charge in [-0.3, -0.25) is 4.79 Å². The van der Waals surface area contributed by atoms with Crippen LogP contribution in [0.1, 0.15) is 12.0 Å². The van der Waals surface area contributed by atoms with Crippen molar-refractivity contribution in [2.45, 2.75) is 13.0 Å². The van der Waals surface area contributed by atoms with Crippen LogP contribution < -0.4 is 10.6 Å². The Morgan fingerprint density at radius 3 is 2.48 bits per heavy atom. The van der Waals surface area contributed by atoms with Crippen LogP contribution in [-0.2, 0) is 11.3 Å². The highest BCUT2D eigenvalue weighted by Gasteiger charge is 2.12. The third-order valence-electron chi connectivity index (χ3n) is 3.52. The van der Waals surface area contributed by atoms with Crippen LogP contribution in [0, 0.1) is 5.82 Å². The number of nitrogens with zero attached hydrogens (tertiary/aromatic N) is 1. The molecule has 2 aromatic rings. The minimum Gasteiger partial charge on any atom is -0.341 e. The van der Waals surface area contributed by atoms with Crippen molar-refractivity contribution in [1.82, 2.24) is 10.2 Å². The topological polar surface area (TPSA) is 61.4 Å². The summed E-state index contributed by atoms with van der Waals surface area (Å²) in [6.45, 7) is 0.388. The molecule has 0 saturated carbocycles. The first-order chi connectivity index (χ1) is 12.0. The first kappa shape index (κ1) is 18.9. The summed E-state index contributed by atoms with van der Waals surface area (Å²) in [4.78, 5) is 25.3. The fourth-order valence-corrected chi connectivity index (χ4v) is 2.42. The third-order valence-corrected chi connectivity index (χ3v) is 4.05. The second kappa shape index (κ2) is 9.17. The van der Waals surface area contributed by atoms with E-state index in [1.165, 1.54) is 11.0 Å². The number of carbonyl (C=O) groups is 2. The standard InChI is InChI=1S/C18H19BrFN3O2/c1-23(12-13-4-2-3-5-16(13)20)17(24)10-11-21-18(25)22-15-8-6-14(19)7-9-15/h2-9H,10-12H2,1H3,(H2,21,22,25). The van der Waals surface area contributed by atoms with E-state index in [4.69, 9.17) is 0 Å². The number of benzene rings is 2. The van der Waals surface area contributed by atoms with E-state index in [1.807, 2.05) is 12.1 Å². The van der Waals surface area contributed by atoms with Crippen molar-refractivity contribution in [1.29, 1.82) is 0 Å². The SMILES string of the molecule is CN(Cc1ccccc1F)C(=O)CCNC(=O)Nc1ccc(Br)cc1. The normalized spacial score (nSPS) is 10.2. The lowest BCUT2D eigenvalue weighted by atomic mass is 10.2. The van der Waals surface area contributed by atoms with Gasteiger partial charge in [-0.1, -0.05) is 34.1 Å².